The van der Waals surface area contributed by atoms with E-state index >= 15 is 0 Å². The van der Waals surface area contributed by atoms with E-state index in [2.05, 4.69) is 4.90 Å². The van der Waals surface area contributed by atoms with Crippen LogP contribution in [0.4, 0.5) is 0 Å². The number of carbonyl (C=O) groups is 1. The van der Waals surface area contributed by atoms with Crippen LogP contribution < -0.4 is 18.9 Å². The van der Waals surface area contributed by atoms with Crippen molar-refractivity contribution in [1.29, 1.82) is 0 Å². The molecule has 3 rings (SSSR count). The van der Waals surface area contributed by atoms with Crippen LogP contribution in [-0.4, -0.2) is 69.6 Å². The Kier molecular flexibility index (Phi) is 8.16. The van der Waals surface area contributed by atoms with Gasteiger partial charge in [0, 0.05) is 23.6 Å². The molecule has 1 amide bonds. The molecule has 0 saturated heterocycles. The number of nitrogens with zero attached hydrogens (tertiary/aromatic N) is 3. The van der Waals surface area contributed by atoms with Crippen molar-refractivity contribution in [3.8, 4) is 23.0 Å². The van der Waals surface area contributed by atoms with E-state index in [0.29, 0.717) is 36.0 Å². The first kappa shape index (κ1) is 24.4. The average molecular weight is 456 g/mol. The quantitative estimate of drug-likeness (QED) is 0.544. The fourth-order valence-corrected chi connectivity index (χ4v) is 3.98. The lowest BCUT2D eigenvalue weighted by atomic mass is 9.97. The van der Waals surface area contributed by atoms with Crippen molar-refractivity contribution in [2.24, 2.45) is 5.10 Å². The smallest absolute Gasteiger partial charge is 0.257 e. The molecule has 1 heterocycles. The number of benzene rings is 2. The Morgan fingerprint density at radius 2 is 1.64 bits per heavy atom. The van der Waals surface area contributed by atoms with Crippen LogP contribution in [0, 0.1) is 0 Å². The maximum Gasteiger partial charge on any atom is 0.257 e. The molecular weight excluding hydrogens is 422 g/mol. The maximum atomic E-state index is 13.3. The van der Waals surface area contributed by atoms with Gasteiger partial charge in [0.25, 0.3) is 5.91 Å². The molecular formula is C25H33N3O5. The first-order valence-electron chi connectivity index (χ1n) is 11.1. The van der Waals surface area contributed by atoms with Gasteiger partial charge in [-0.2, -0.15) is 5.10 Å². The zero-order chi connectivity index (χ0) is 24.0. The zero-order valence-corrected chi connectivity index (χ0v) is 20.3. The molecule has 8 nitrogen and oxygen atoms in total. The summed E-state index contributed by atoms with van der Waals surface area (Å²) in [7, 11) is 6.43. The number of likely N-dealkylation sites (N-methyl/N-ethyl adjacent to an activating group) is 1. The van der Waals surface area contributed by atoms with Gasteiger partial charge in [-0.15, -0.1) is 0 Å². The Morgan fingerprint density at radius 1 is 0.939 bits per heavy atom. The molecule has 0 radical (unpaired) electrons. The van der Waals surface area contributed by atoms with E-state index in [0.717, 1.165) is 29.9 Å². The third-order valence-corrected chi connectivity index (χ3v) is 5.94. The number of carbonyl (C=O) groups excluding carboxylic acids is 1. The van der Waals surface area contributed by atoms with Gasteiger partial charge >= 0.3 is 0 Å². The molecule has 0 fully saturated rings. The van der Waals surface area contributed by atoms with Crippen molar-refractivity contribution in [3.05, 3.63) is 47.5 Å². The second kappa shape index (κ2) is 11.0. The van der Waals surface area contributed by atoms with Crippen LogP contribution in [0.3, 0.4) is 0 Å². The molecule has 178 valence electrons. The molecule has 0 bridgehead atoms. The second-order valence-corrected chi connectivity index (χ2v) is 7.64. The van der Waals surface area contributed by atoms with Crippen molar-refractivity contribution in [1.82, 2.24) is 9.91 Å². The van der Waals surface area contributed by atoms with Gasteiger partial charge in [0.05, 0.1) is 46.7 Å². The van der Waals surface area contributed by atoms with Gasteiger partial charge in [0.15, 0.2) is 11.5 Å². The molecule has 1 aliphatic heterocycles. The highest BCUT2D eigenvalue weighted by Gasteiger charge is 2.35. The summed E-state index contributed by atoms with van der Waals surface area (Å²) < 4.78 is 21.8. The summed E-state index contributed by atoms with van der Waals surface area (Å²) in [6.45, 7) is 5.97. The van der Waals surface area contributed by atoms with Crippen LogP contribution >= 0.6 is 0 Å². The number of hydrogen-bond donors (Lipinski definition) is 0. The van der Waals surface area contributed by atoms with Crippen molar-refractivity contribution >= 4 is 11.6 Å². The highest BCUT2D eigenvalue weighted by atomic mass is 16.5. The topological polar surface area (TPSA) is 72.8 Å². The van der Waals surface area contributed by atoms with Gasteiger partial charge in [-0.05, 0) is 43.4 Å². The molecule has 2 aromatic rings. The van der Waals surface area contributed by atoms with Crippen LogP contribution in [0.25, 0.3) is 0 Å². The minimum absolute atomic E-state index is 0.0583. The summed E-state index contributed by atoms with van der Waals surface area (Å²) in [5, 5.41) is 6.37. The largest absolute Gasteiger partial charge is 0.497 e. The van der Waals surface area contributed by atoms with Gasteiger partial charge in [-0.25, -0.2) is 5.01 Å². The predicted octanol–water partition coefficient (Wildman–Crippen LogP) is 3.74. The lowest BCUT2D eigenvalue weighted by molar-refractivity contribution is -0.134. The highest BCUT2D eigenvalue weighted by molar-refractivity contribution is 6.03. The Hall–Kier alpha value is -3.26. The first-order valence-corrected chi connectivity index (χ1v) is 11.1. The number of amides is 1. The SMILES string of the molecule is CCN(CC)CC(=O)N1N=C(c2ccc(OC)c(OC)c2)CC1c1ccc(OC)cc1OC. The maximum absolute atomic E-state index is 13.3. The molecule has 1 atom stereocenters. The summed E-state index contributed by atoms with van der Waals surface area (Å²) >= 11 is 0. The van der Waals surface area contributed by atoms with Gasteiger partial charge in [-0.3, -0.25) is 9.69 Å². The molecule has 0 N–H and O–H groups in total. The predicted molar refractivity (Wildman–Crippen MR) is 128 cm³/mol. The molecule has 1 aliphatic rings. The Bertz CT molecular complexity index is 1000. The highest BCUT2D eigenvalue weighted by Crippen LogP contribution is 2.40. The average Bonchev–Trinajstić information content (AvgIpc) is 3.31. The van der Waals surface area contributed by atoms with Crippen LogP contribution in [-0.2, 0) is 4.79 Å². The second-order valence-electron chi connectivity index (χ2n) is 7.64. The molecule has 1 unspecified atom stereocenters. The van der Waals surface area contributed by atoms with Crippen molar-refractivity contribution < 1.29 is 23.7 Å². The van der Waals surface area contributed by atoms with Crippen molar-refractivity contribution in [2.75, 3.05) is 48.1 Å². The van der Waals surface area contributed by atoms with Gasteiger partial charge in [0.1, 0.15) is 11.5 Å². The van der Waals surface area contributed by atoms with Gasteiger partial charge in [-0.1, -0.05) is 13.8 Å². The number of methoxy groups -OCH3 is 4. The minimum atomic E-state index is -0.294. The third kappa shape index (κ3) is 5.22. The lowest BCUT2D eigenvalue weighted by Gasteiger charge is -2.26. The summed E-state index contributed by atoms with van der Waals surface area (Å²) in [6.07, 6.45) is 0.544. The fourth-order valence-electron chi connectivity index (χ4n) is 3.98. The molecule has 33 heavy (non-hydrogen) atoms. The molecule has 0 saturated carbocycles. The van der Waals surface area contributed by atoms with E-state index in [1.165, 1.54) is 0 Å². The summed E-state index contributed by atoms with van der Waals surface area (Å²) in [5.74, 6) is 2.54. The van der Waals surface area contributed by atoms with Crippen LogP contribution in [0.5, 0.6) is 23.0 Å². The normalized spacial score (nSPS) is 15.4. The van der Waals surface area contributed by atoms with E-state index in [4.69, 9.17) is 24.0 Å². The van der Waals surface area contributed by atoms with Gasteiger partial charge in [0.2, 0.25) is 0 Å². The Labute approximate surface area is 195 Å². The summed E-state index contributed by atoms with van der Waals surface area (Å²) in [6, 6.07) is 11.0. The first-order chi connectivity index (χ1) is 16.0. The number of rotatable bonds is 10. The Balaban J connectivity index is 2.02. The number of ether oxygens (including phenoxy) is 4. The van der Waals surface area contributed by atoms with Crippen LogP contribution in [0.15, 0.2) is 41.5 Å². The van der Waals surface area contributed by atoms with E-state index in [1.54, 1.807) is 33.4 Å². The third-order valence-electron chi connectivity index (χ3n) is 5.94. The van der Waals surface area contributed by atoms with Crippen LogP contribution in [0.2, 0.25) is 0 Å². The van der Waals surface area contributed by atoms with E-state index in [9.17, 15) is 4.79 Å². The van der Waals surface area contributed by atoms with E-state index < -0.39 is 0 Å². The van der Waals surface area contributed by atoms with Gasteiger partial charge < -0.3 is 18.9 Å². The molecule has 8 heteroatoms. The summed E-state index contributed by atoms with van der Waals surface area (Å²) in [5.41, 5.74) is 2.56. The minimum Gasteiger partial charge on any atom is -0.497 e. The zero-order valence-electron chi connectivity index (χ0n) is 20.3. The Morgan fingerprint density at radius 3 is 2.24 bits per heavy atom. The lowest BCUT2D eigenvalue weighted by Crippen LogP contribution is -2.38. The molecule has 0 spiro atoms. The number of hydrogen-bond acceptors (Lipinski definition) is 7. The van der Waals surface area contributed by atoms with E-state index in [-0.39, 0.29) is 11.9 Å². The number of hydrazone groups is 1. The van der Waals surface area contributed by atoms with Crippen molar-refractivity contribution in [3.63, 3.8) is 0 Å². The fraction of sp³-hybridized carbons (Fsp3) is 0.440. The molecule has 0 aliphatic carbocycles. The standard InChI is InChI=1S/C25H33N3O5/c1-7-27(8-2)16-25(29)28-21(19-11-10-18(30-3)14-23(19)32-5)15-20(26-28)17-9-12-22(31-4)24(13-17)33-6/h9-14,21H,7-8,15-16H2,1-6H3. The monoisotopic (exact) mass is 455 g/mol. The van der Waals surface area contributed by atoms with Crippen LogP contribution in [0.1, 0.15) is 37.4 Å². The van der Waals surface area contributed by atoms with Crippen molar-refractivity contribution in [2.45, 2.75) is 26.3 Å². The summed E-state index contributed by atoms with van der Waals surface area (Å²) in [4.78, 5) is 15.4. The molecule has 2 aromatic carbocycles. The van der Waals surface area contributed by atoms with E-state index in [1.807, 2.05) is 50.2 Å². The molecule has 0 aromatic heterocycles.